The summed E-state index contributed by atoms with van der Waals surface area (Å²) in [7, 11) is 0. The summed E-state index contributed by atoms with van der Waals surface area (Å²) in [6, 6.07) is 14.2. The van der Waals surface area contributed by atoms with E-state index in [0.29, 0.717) is 32.4 Å². The van der Waals surface area contributed by atoms with Crippen molar-refractivity contribution in [1.29, 1.82) is 0 Å². The topological polar surface area (TPSA) is 38.3 Å². The molecule has 0 fully saturated rings. The monoisotopic (exact) mass is 315 g/mol. The third-order valence-electron chi connectivity index (χ3n) is 3.55. The lowest BCUT2D eigenvalue weighted by Crippen LogP contribution is -2.25. The lowest BCUT2D eigenvalue weighted by Gasteiger charge is -2.09. The third kappa shape index (κ3) is 6.10. The summed E-state index contributed by atoms with van der Waals surface area (Å²) in [5.74, 6) is 0.635. The molecule has 0 spiro atoms. The first-order valence-corrected chi connectivity index (χ1v) is 7.85. The van der Waals surface area contributed by atoms with Gasteiger partial charge in [0.05, 0.1) is 6.61 Å². The van der Waals surface area contributed by atoms with Crippen molar-refractivity contribution in [2.75, 3.05) is 13.2 Å². The molecule has 0 aliphatic carbocycles. The quantitative estimate of drug-likeness (QED) is 0.755. The molecule has 23 heavy (non-hydrogen) atoms. The first-order chi connectivity index (χ1) is 11.1. The summed E-state index contributed by atoms with van der Waals surface area (Å²) in [6.45, 7) is 3.08. The molecule has 0 atom stereocenters. The molecular weight excluding hydrogens is 293 g/mol. The van der Waals surface area contributed by atoms with E-state index in [1.807, 2.05) is 31.2 Å². The molecular formula is C19H22FNO2. The second-order valence-corrected chi connectivity index (χ2v) is 5.44. The Morgan fingerprint density at radius 3 is 2.61 bits per heavy atom. The first kappa shape index (κ1) is 17.0. The number of benzene rings is 2. The van der Waals surface area contributed by atoms with Gasteiger partial charge in [0.1, 0.15) is 11.6 Å². The van der Waals surface area contributed by atoms with Gasteiger partial charge in [0.2, 0.25) is 5.91 Å². The molecule has 0 heterocycles. The van der Waals surface area contributed by atoms with Crippen LogP contribution in [0.15, 0.2) is 48.5 Å². The molecule has 1 amide bonds. The molecule has 0 saturated carbocycles. The van der Waals surface area contributed by atoms with Gasteiger partial charge < -0.3 is 10.1 Å². The molecule has 0 aliphatic rings. The average molecular weight is 315 g/mol. The van der Waals surface area contributed by atoms with Crippen LogP contribution in [-0.4, -0.2) is 19.1 Å². The number of nitrogens with one attached hydrogen (secondary N) is 1. The Kier molecular flexibility index (Phi) is 6.60. The molecule has 2 aromatic carbocycles. The molecule has 0 aromatic heterocycles. The van der Waals surface area contributed by atoms with Gasteiger partial charge in [-0.15, -0.1) is 0 Å². The number of ether oxygens (including phenoxy) is 1. The van der Waals surface area contributed by atoms with Crippen molar-refractivity contribution in [3.63, 3.8) is 0 Å². The summed E-state index contributed by atoms with van der Waals surface area (Å²) in [6.07, 6.45) is 1.82. The van der Waals surface area contributed by atoms with E-state index in [0.717, 1.165) is 16.9 Å². The smallest absolute Gasteiger partial charge is 0.220 e. The standard InChI is InChI=1S/C19H22FNO2/c1-15-5-2-3-6-18(15)23-14-4-7-19(22)21-13-12-16-8-10-17(20)11-9-16/h2-3,5-6,8-11H,4,7,12-14H2,1H3,(H,21,22). The SMILES string of the molecule is Cc1ccccc1OCCCC(=O)NCCc1ccc(F)cc1. The Hall–Kier alpha value is -2.36. The van der Waals surface area contributed by atoms with Gasteiger partial charge in [-0.25, -0.2) is 4.39 Å². The van der Waals surface area contributed by atoms with Crippen molar-refractivity contribution >= 4 is 5.91 Å². The van der Waals surface area contributed by atoms with E-state index in [9.17, 15) is 9.18 Å². The van der Waals surface area contributed by atoms with Crippen molar-refractivity contribution in [2.45, 2.75) is 26.2 Å². The molecule has 0 unspecified atom stereocenters. The highest BCUT2D eigenvalue weighted by atomic mass is 19.1. The third-order valence-corrected chi connectivity index (χ3v) is 3.55. The van der Waals surface area contributed by atoms with E-state index in [1.54, 1.807) is 12.1 Å². The molecule has 3 nitrogen and oxygen atoms in total. The Morgan fingerprint density at radius 1 is 1.13 bits per heavy atom. The second-order valence-electron chi connectivity index (χ2n) is 5.44. The Balaban J connectivity index is 1.58. The molecule has 4 heteroatoms. The van der Waals surface area contributed by atoms with Crippen LogP contribution in [0.2, 0.25) is 0 Å². The minimum absolute atomic E-state index is 0.0143. The molecule has 0 radical (unpaired) electrons. The highest BCUT2D eigenvalue weighted by molar-refractivity contribution is 5.75. The highest BCUT2D eigenvalue weighted by Gasteiger charge is 2.03. The average Bonchev–Trinajstić information content (AvgIpc) is 2.55. The molecule has 1 N–H and O–H groups in total. The normalized spacial score (nSPS) is 10.3. The van der Waals surface area contributed by atoms with E-state index in [1.165, 1.54) is 12.1 Å². The number of para-hydroxylation sites is 1. The van der Waals surface area contributed by atoms with Crippen LogP contribution in [0, 0.1) is 12.7 Å². The van der Waals surface area contributed by atoms with Gasteiger partial charge in [0.15, 0.2) is 0 Å². The number of hydrogen-bond donors (Lipinski definition) is 1. The summed E-state index contributed by atoms with van der Waals surface area (Å²) < 4.78 is 18.4. The maximum Gasteiger partial charge on any atom is 0.220 e. The predicted octanol–water partition coefficient (Wildman–Crippen LogP) is 3.65. The molecule has 0 bridgehead atoms. The van der Waals surface area contributed by atoms with Crippen molar-refractivity contribution in [3.8, 4) is 5.75 Å². The Labute approximate surface area is 136 Å². The molecule has 2 rings (SSSR count). The van der Waals surface area contributed by atoms with Crippen LogP contribution in [0.25, 0.3) is 0 Å². The van der Waals surface area contributed by atoms with Crippen LogP contribution >= 0.6 is 0 Å². The molecule has 122 valence electrons. The summed E-state index contributed by atoms with van der Waals surface area (Å²) >= 11 is 0. The zero-order valence-electron chi connectivity index (χ0n) is 13.3. The van der Waals surface area contributed by atoms with Gasteiger partial charge in [-0.2, -0.15) is 0 Å². The second kappa shape index (κ2) is 8.93. The van der Waals surface area contributed by atoms with E-state index in [4.69, 9.17) is 4.74 Å². The van der Waals surface area contributed by atoms with E-state index < -0.39 is 0 Å². The van der Waals surface area contributed by atoms with Gasteiger partial charge in [-0.3, -0.25) is 4.79 Å². The zero-order valence-corrected chi connectivity index (χ0v) is 13.3. The van der Waals surface area contributed by atoms with E-state index >= 15 is 0 Å². The van der Waals surface area contributed by atoms with Crippen LogP contribution in [0.4, 0.5) is 4.39 Å². The maximum absolute atomic E-state index is 12.8. The summed E-state index contributed by atoms with van der Waals surface area (Å²) in [5, 5.41) is 2.87. The van der Waals surface area contributed by atoms with Crippen LogP contribution < -0.4 is 10.1 Å². The maximum atomic E-state index is 12.8. The first-order valence-electron chi connectivity index (χ1n) is 7.85. The Morgan fingerprint density at radius 2 is 1.87 bits per heavy atom. The zero-order chi connectivity index (χ0) is 16.5. The lowest BCUT2D eigenvalue weighted by molar-refractivity contribution is -0.121. The number of carbonyl (C=O) groups excluding carboxylic acids is 1. The fraction of sp³-hybridized carbons (Fsp3) is 0.316. The van der Waals surface area contributed by atoms with Crippen molar-refractivity contribution < 1.29 is 13.9 Å². The van der Waals surface area contributed by atoms with Crippen molar-refractivity contribution in [2.24, 2.45) is 0 Å². The van der Waals surface area contributed by atoms with Gasteiger partial charge in [0, 0.05) is 13.0 Å². The van der Waals surface area contributed by atoms with E-state index in [2.05, 4.69) is 5.32 Å². The van der Waals surface area contributed by atoms with E-state index in [-0.39, 0.29) is 11.7 Å². The fourth-order valence-corrected chi connectivity index (χ4v) is 2.22. The number of carbonyl (C=O) groups is 1. The largest absolute Gasteiger partial charge is 0.493 e. The summed E-state index contributed by atoms with van der Waals surface area (Å²) in [4.78, 5) is 11.7. The van der Waals surface area contributed by atoms with Crippen LogP contribution in [-0.2, 0) is 11.2 Å². The van der Waals surface area contributed by atoms with Gasteiger partial charge in [0.25, 0.3) is 0 Å². The number of rotatable bonds is 8. The Bertz CT molecular complexity index is 626. The van der Waals surface area contributed by atoms with Crippen LogP contribution in [0.3, 0.4) is 0 Å². The number of aryl methyl sites for hydroxylation is 1. The number of hydrogen-bond acceptors (Lipinski definition) is 2. The van der Waals surface area contributed by atoms with Gasteiger partial charge >= 0.3 is 0 Å². The lowest BCUT2D eigenvalue weighted by atomic mass is 10.1. The minimum atomic E-state index is -0.244. The molecule has 0 saturated heterocycles. The minimum Gasteiger partial charge on any atom is -0.493 e. The number of amides is 1. The van der Waals surface area contributed by atoms with Gasteiger partial charge in [-0.1, -0.05) is 30.3 Å². The molecule has 0 aliphatic heterocycles. The molecule has 2 aromatic rings. The van der Waals surface area contributed by atoms with Crippen molar-refractivity contribution in [1.82, 2.24) is 5.32 Å². The van der Waals surface area contributed by atoms with Gasteiger partial charge in [-0.05, 0) is 49.1 Å². The predicted molar refractivity (Wildman–Crippen MR) is 89.0 cm³/mol. The van der Waals surface area contributed by atoms with Crippen LogP contribution in [0.5, 0.6) is 5.75 Å². The van der Waals surface area contributed by atoms with Crippen LogP contribution in [0.1, 0.15) is 24.0 Å². The van der Waals surface area contributed by atoms with Crippen molar-refractivity contribution in [3.05, 3.63) is 65.5 Å². The highest BCUT2D eigenvalue weighted by Crippen LogP contribution is 2.16. The fourth-order valence-electron chi connectivity index (χ4n) is 2.22. The summed E-state index contributed by atoms with van der Waals surface area (Å²) in [5.41, 5.74) is 2.10. The number of halogens is 1.